The highest BCUT2D eigenvalue weighted by Crippen LogP contribution is 2.20. The Kier molecular flexibility index (Phi) is 4.31. The summed E-state index contributed by atoms with van der Waals surface area (Å²) in [5.74, 6) is -0.166. The van der Waals surface area contributed by atoms with Gasteiger partial charge in [0.05, 0.1) is 5.69 Å². The van der Waals surface area contributed by atoms with Crippen molar-refractivity contribution >= 4 is 49.1 Å². The van der Waals surface area contributed by atoms with E-state index in [0.717, 1.165) is 26.0 Å². The van der Waals surface area contributed by atoms with E-state index >= 15 is 0 Å². The molecule has 0 spiro atoms. The van der Waals surface area contributed by atoms with Gasteiger partial charge in [0, 0.05) is 20.8 Å². The summed E-state index contributed by atoms with van der Waals surface area (Å²) in [5.41, 5.74) is 2.86. The quantitative estimate of drug-likeness (QED) is 0.666. The summed E-state index contributed by atoms with van der Waals surface area (Å²) in [6.45, 7) is 1.99. The lowest BCUT2D eigenvalue weighted by Gasteiger charge is -2.07. The summed E-state index contributed by atoms with van der Waals surface area (Å²) in [4.78, 5) is 17.2. The average molecular weight is 423 g/mol. The number of rotatable bonds is 3. The molecular formula is C16H13Br2N3O. The SMILES string of the molecule is CCc1nc2ccc(Br)cn2c1C(=O)Nc1cccc(Br)c1. The molecule has 0 bridgehead atoms. The number of aromatic nitrogens is 2. The number of aryl methyl sites for hydroxylation is 1. The van der Waals surface area contributed by atoms with Crippen molar-refractivity contribution in [2.75, 3.05) is 5.32 Å². The predicted molar refractivity (Wildman–Crippen MR) is 94.4 cm³/mol. The maximum atomic E-state index is 12.7. The van der Waals surface area contributed by atoms with Crippen LogP contribution in [0.2, 0.25) is 0 Å². The van der Waals surface area contributed by atoms with E-state index in [9.17, 15) is 4.79 Å². The van der Waals surface area contributed by atoms with Crippen LogP contribution in [0.25, 0.3) is 5.65 Å². The molecule has 0 radical (unpaired) electrons. The maximum absolute atomic E-state index is 12.7. The molecule has 0 unspecified atom stereocenters. The number of benzene rings is 1. The standard InChI is InChI=1S/C16H13Br2N3O/c1-2-13-15(21-9-11(18)6-7-14(21)20-13)16(22)19-12-5-3-4-10(17)8-12/h3-9H,2H2,1H3,(H,19,22). The Morgan fingerprint density at radius 3 is 2.77 bits per heavy atom. The second-order valence-corrected chi connectivity index (χ2v) is 6.63. The second kappa shape index (κ2) is 6.22. The molecule has 0 atom stereocenters. The molecule has 3 rings (SSSR count). The van der Waals surface area contributed by atoms with Crippen LogP contribution in [0.15, 0.2) is 51.5 Å². The van der Waals surface area contributed by atoms with Crippen LogP contribution in [0.1, 0.15) is 23.1 Å². The number of carbonyl (C=O) groups is 1. The molecule has 22 heavy (non-hydrogen) atoms. The van der Waals surface area contributed by atoms with Crippen molar-refractivity contribution in [3.63, 3.8) is 0 Å². The molecule has 2 aromatic heterocycles. The third-order valence-corrected chi connectivity index (χ3v) is 4.25. The van der Waals surface area contributed by atoms with E-state index in [1.54, 1.807) is 0 Å². The van der Waals surface area contributed by atoms with E-state index in [-0.39, 0.29) is 5.91 Å². The van der Waals surface area contributed by atoms with E-state index < -0.39 is 0 Å². The van der Waals surface area contributed by atoms with Crippen LogP contribution in [0.4, 0.5) is 5.69 Å². The molecular weight excluding hydrogens is 410 g/mol. The molecule has 3 aromatic rings. The molecule has 0 saturated carbocycles. The molecule has 0 aliphatic heterocycles. The first kappa shape index (κ1) is 15.2. The lowest BCUT2D eigenvalue weighted by atomic mass is 10.2. The molecule has 0 saturated heterocycles. The predicted octanol–water partition coefficient (Wildman–Crippen LogP) is 4.67. The number of hydrogen-bond acceptors (Lipinski definition) is 2. The van der Waals surface area contributed by atoms with Crippen molar-refractivity contribution in [1.29, 1.82) is 0 Å². The molecule has 4 nitrogen and oxygen atoms in total. The van der Waals surface area contributed by atoms with E-state index in [0.29, 0.717) is 12.1 Å². The largest absolute Gasteiger partial charge is 0.321 e. The smallest absolute Gasteiger partial charge is 0.274 e. The molecule has 1 N–H and O–H groups in total. The minimum atomic E-state index is -0.166. The Morgan fingerprint density at radius 1 is 1.23 bits per heavy atom. The van der Waals surface area contributed by atoms with Crippen LogP contribution >= 0.6 is 31.9 Å². The van der Waals surface area contributed by atoms with Gasteiger partial charge in [-0.3, -0.25) is 9.20 Å². The zero-order valence-corrected chi connectivity index (χ0v) is 15.0. The number of anilines is 1. The molecule has 6 heteroatoms. The number of hydrogen-bond donors (Lipinski definition) is 1. The van der Waals surface area contributed by atoms with Gasteiger partial charge in [0.25, 0.3) is 5.91 Å². The first-order chi connectivity index (χ1) is 10.6. The molecule has 2 heterocycles. The van der Waals surface area contributed by atoms with Gasteiger partial charge in [-0.15, -0.1) is 0 Å². The van der Waals surface area contributed by atoms with Gasteiger partial charge in [-0.25, -0.2) is 4.98 Å². The van der Waals surface area contributed by atoms with Crippen LogP contribution in [0.3, 0.4) is 0 Å². The Morgan fingerprint density at radius 2 is 2.05 bits per heavy atom. The molecule has 1 amide bonds. The summed E-state index contributed by atoms with van der Waals surface area (Å²) in [6, 6.07) is 11.3. The number of nitrogens with one attached hydrogen (secondary N) is 1. The highest BCUT2D eigenvalue weighted by Gasteiger charge is 2.18. The fourth-order valence-corrected chi connectivity index (χ4v) is 3.05. The van der Waals surface area contributed by atoms with Gasteiger partial charge in [0.1, 0.15) is 11.3 Å². The Hall–Kier alpha value is -1.66. The Labute approximate surface area is 144 Å². The van der Waals surface area contributed by atoms with E-state index in [2.05, 4.69) is 42.2 Å². The minimum Gasteiger partial charge on any atom is -0.321 e. The highest BCUT2D eigenvalue weighted by molar-refractivity contribution is 9.10. The third kappa shape index (κ3) is 2.94. The van der Waals surface area contributed by atoms with Crippen LogP contribution in [-0.2, 0) is 6.42 Å². The van der Waals surface area contributed by atoms with E-state index in [1.165, 1.54) is 0 Å². The topological polar surface area (TPSA) is 46.4 Å². The number of nitrogens with zero attached hydrogens (tertiary/aromatic N) is 2. The average Bonchev–Trinajstić information content (AvgIpc) is 2.85. The molecule has 112 valence electrons. The van der Waals surface area contributed by atoms with Crippen LogP contribution < -0.4 is 5.32 Å². The number of fused-ring (bicyclic) bond motifs is 1. The Bertz CT molecular complexity index is 858. The van der Waals surface area contributed by atoms with Crippen molar-refractivity contribution < 1.29 is 4.79 Å². The summed E-state index contributed by atoms with van der Waals surface area (Å²) in [7, 11) is 0. The number of imidazole rings is 1. The van der Waals surface area contributed by atoms with Crippen molar-refractivity contribution in [1.82, 2.24) is 9.38 Å². The fraction of sp³-hybridized carbons (Fsp3) is 0.125. The van der Waals surface area contributed by atoms with Crippen molar-refractivity contribution in [3.05, 3.63) is 62.9 Å². The number of halogens is 2. The molecule has 1 aromatic carbocycles. The van der Waals surface area contributed by atoms with Crippen LogP contribution in [-0.4, -0.2) is 15.3 Å². The molecule has 0 aliphatic carbocycles. The molecule has 0 aliphatic rings. The summed E-state index contributed by atoms with van der Waals surface area (Å²) < 4.78 is 3.63. The van der Waals surface area contributed by atoms with Gasteiger partial charge in [-0.1, -0.05) is 28.9 Å². The normalized spacial score (nSPS) is 10.9. The maximum Gasteiger partial charge on any atom is 0.274 e. The summed E-state index contributed by atoms with van der Waals surface area (Å²) in [6.07, 6.45) is 2.55. The van der Waals surface area contributed by atoms with Gasteiger partial charge in [-0.2, -0.15) is 0 Å². The lowest BCUT2D eigenvalue weighted by molar-refractivity contribution is 0.102. The zero-order chi connectivity index (χ0) is 15.7. The van der Waals surface area contributed by atoms with Gasteiger partial charge in [0.15, 0.2) is 0 Å². The van der Waals surface area contributed by atoms with Gasteiger partial charge in [-0.05, 0) is 52.7 Å². The highest BCUT2D eigenvalue weighted by atomic mass is 79.9. The van der Waals surface area contributed by atoms with Gasteiger partial charge in [0.2, 0.25) is 0 Å². The summed E-state index contributed by atoms with van der Waals surface area (Å²) >= 11 is 6.84. The number of pyridine rings is 1. The lowest BCUT2D eigenvalue weighted by Crippen LogP contribution is -2.16. The second-order valence-electron chi connectivity index (χ2n) is 4.80. The first-order valence-electron chi connectivity index (χ1n) is 6.82. The van der Waals surface area contributed by atoms with E-state index in [1.807, 2.05) is 53.9 Å². The zero-order valence-electron chi connectivity index (χ0n) is 11.8. The monoisotopic (exact) mass is 421 g/mol. The van der Waals surface area contributed by atoms with Crippen LogP contribution in [0.5, 0.6) is 0 Å². The fourth-order valence-electron chi connectivity index (χ4n) is 2.31. The molecule has 0 fully saturated rings. The third-order valence-electron chi connectivity index (χ3n) is 3.29. The summed E-state index contributed by atoms with van der Waals surface area (Å²) in [5, 5.41) is 2.93. The van der Waals surface area contributed by atoms with E-state index in [4.69, 9.17) is 0 Å². The number of carbonyl (C=O) groups excluding carboxylic acids is 1. The van der Waals surface area contributed by atoms with Crippen LogP contribution in [0, 0.1) is 0 Å². The van der Waals surface area contributed by atoms with Gasteiger partial charge >= 0.3 is 0 Å². The first-order valence-corrected chi connectivity index (χ1v) is 8.40. The minimum absolute atomic E-state index is 0.166. The van der Waals surface area contributed by atoms with Crippen molar-refractivity contribution in [2.45, 2.75) is 13.3 Å². The van der Waals surface area contributed by atoms with Crippen molar-refractivity contribution in [3.8, 4) is 0 Å². The van der Waals surface area contributed by atoms with Gasteiger partial charge < -0.3 is 5.32 Å². The Balaban J connectivity index is 2.04. The number of amides is 1. The van der Waals surface area contributed by atoms with Crippen molar-refractivity contribution in [2.24, 2.45) is 0 Å².